The van der Waals surface area contributed by atoms with Crippen LogP contribution in [0.4, 0.5) is 0 Å². The molecule has 4 nitrogen and oxygen atoms in total. The summed E-state index contributed by atoms with van der Waals surface area (Å²) < 4.78 is 21.2. The van der Waals surface area contributed by atoms with E-state index in [1.807, 2.05) is 18.4 Å². The Hall–Kier alpha value is -0.503. The molecule has 0 saturated heterocycles. The van der Waals surface area contributed by atoms with Crippen LogP contribution in [0.25, 0.3) is 0 Å². The smallest absolute Gasteiger partial charge is 0.234 e. The molecule has 0 spiro atoms. The van der Waals surface area contributed by atoms with Crippen LogP contribution in [0.5, 0.6) is 0 Å². The van der Waals surface area contributed by atoms with Gasteiger partial charge in [0.25, 0.3) is 0 Å². The highest BCUT2D eigenvalue weighted by atomic mass is 32.2. The van der Waals surface area contributed by atoms with Gasteiger partial charge < -0.3 is 4.43 Å². The highest BCUT2D eigenvalue weighted by Gasteiger charge is 2.38. The van der Waals surface area contributed by atoms with Crippen molar-refractivity contribution in [3.05, 3.63) is 17.5 Å². The fourth-order valence-electron chi connectivity index (χ4n) is 1.55. The number of carbonyl (C=O) groups is 1. The monoisotopic (exact) mass is 347 g/mol. The van der Waals surface area contributed by atoms with Crippen molar-refractivity contribution >= 4 is 36.5 Å². The van der Waals surface area contributed by atoms with Crippen LogP contribution in [0, 0.1) is 0 Å². The van der Waals surface area contributed by atoms with Crippen LogP contribution in [-0.2, 0) is 20.2 Å². The number of carbonyl (C=O) groups excluding carboxylic acids is 1. The minimum Gasteiger partial charge on any atom is -0.414 e. The first-order chi connectivity index (χ1) is 9.53. The van der Waals surface area contributed by atoms with E-state index in [0.717, 1.165) is 0 Å². The lowest BCUT2D eigenvalue weighted by atomic mass is 10.2. The Kier molecular flexibility index (Phi) is 6.33. The summed E-state index contributed by atoms with van der Waals surface area (Å²) in [4.78, 5) is 11.9. The highest BCUT2D eigenvalue weighted by molar-refractivity contribution is 7.86. The highest BCUT2D eigenvalue weighted by Crippen LogP contribution is 2.37. The molecule has 1 heterocycles. The Morgan fingerprint density at radius 3 is 2.57 bits per heavy atom. The first-order valence-corrected chi connectivity index (χ1v) is 11.9. The Labute approximate surface area is 135 Å². The maximum absolute atomic E-state index is 11.9. The van der Waals surface area contributed by atoms with E-state index in [1.54, 1.807) is 6.07 Å². The summed E-state index contributed by atoms with van der Waals surface area (Å²) in [5, 5.41) is 1.94. The normalized spacial score (nSPS) is 15.5. The van der Waals surface area contributed by atoms with Gasteiger partial charge >= 0.3 is 0 Å². The standard InChI is InChI=1S/C14H25NO3S2Si/c1-11(18-21(5,6)14(2,3)4)10-12(16)15-20(17)13-8-7-9-19-13/h7-9,11H,10H2,1-6H3,(H,15,16)/t11-,20+/m0/s1. The first kappa shape index (κ1) is 18.5. The minimum atomic E-state index is -1.88. The zero-order valence-electron chi connectivity index (χ0n) is 13.6. The van der Waals surface area contributed by atoms with Crippen LogP contribution in [0.3, 0.4) is 0 Å². The SMILES string of the molecule is C[C@@H](CC(=O)N[S@](=O)c1cccs1)O[Si](C)(C)C(C)(C)C. The van der Waals surface area contributed by atoms with Gasteiger partial charge in [-0.25, -0.2) is 4.21 Å². The zero-order chi connectivity index (χ0) is 16.3. The number of hydrogen-bond acceptors (Lipinski definition) is 4. The molecule has 0 aliphatic heterocycles. The van der Waals surface area contributed by atoms with E-state index < -0.39 is 19.3 Å². The van der Waals surface area contributed by atoms with Gasteiger partial charge in [0.15, 0.2) is 19.3 Å². The largest absolute Gasteiger partial charge is 0.414 e. The fourth-order valence-corrected chi connectivity index (χ4v) is 4.67. The molecule has 1 amide bonds. The number of amides is 1. The maximum atomic E-state index is 11.9. The third-order valence-corrected chi connectivity index (χ3v) is 10.6. The van der Waals surface area contributed by atoms with E-state index in [2.05, 4.69) is 38.6 Å². The molecule has 0 unspecified atom stereocenters. The molecular formula is C14H25NO3S2Si. The third kappa shape index (κ3) is 5.65. The van der Waals surface area contributed by atoms with E-state index in [-0.39, 0.29) is 23.5 Å². The summed E-state index contributed by atoms with van der Waals surface area (Å²) in [5.41, 5.74) is 0. The van der Waals surface area contributed by atoms with Crippen molar-refractivity contribution in [1.29, 1.82) is 0 Å². The first-order valence-electron chi connectivity index (χ1n) is 6.95. The van der Waals surface area contributed by atoms with Crippen molar-refractivity contribution in [2.45, 2.75) is 62.6 Å². The molecule has 0 aliphatic carbocycles. The van der Waals surface area contributed by atoms with E-state index in [0.29, 0.717) is 4.21 Å². The van der Waals surface area contributed by atoms with E-state index in [1.165, 1.54) is 11.3 Å². The predicted octanol–water partition coefficient (Wildman–Crippen LogP) is 3.69. The second kappa shape index (κ2) is 7.17. The Morgan fingerprint density at radius 1 is 1.48 bits per heavy atom. The lowest BCUT2D eigenvalue weighted by Gasteiger charge is -2.38. The molecule has 1 N–H and O–H groups in total. The van der Waals surface area contributed by atoms with Gasteiger partial charge in [0.05, 0.1) is 12.5 Å². The molecule has 1 rings (SSSR count). The third-order valence-electron chi connectivity index (χ3n) is 3.66. The van der Waals surface area contributed by atoms with Crippen molar-refractivity contribution in [3.63, 3.8) is 0 Å². The second-order valence-electron chi connectivity index (χ2n) is 6.62. The van der Waals surface area contributed by atoms with Gasteiger partial charge in [0, 0.05) is 0 Å². The minimum absolute atomic E-state index is 0.109. The van der Waals surface area contributed by atoms with Crippen molar-refractivity contribution < 1.29 is 13.4 Å². The van der Waals surface area contributed by atoms with Crippen LogP contribution in [0.15, 0.2) is 21.7 Å². The van der Waals surface area contributed by atoms with Crippen molar-refractivity contribution in [1.82, 2.24) is 4.72 Å². The van der Waals surface area contributed by atoms with Gasteiger partial charge in [0.2, 0.25) is 5.91 Å². The summed E-state index contributed by atoms with van der Waals surface area (Å²) in [7, 11) is -3.35. The topological polar surface area (TPSA) is 55.4 Å². The number of rotatable bonds is 6. The lowest BCUT2D eigenvalue weighted by molar-refractivity contribution is -0.120. The van der Waals surface area contributed by atoms with Crippen LogP contribution >= 0.6 is 11.3 Å². The Morgan fingerprint density at radius 2 is 2.10 bits per heavy atom. The van der Waals surface area contributed by atoms with Crippen LogP contribution in [0.2, 0.25) is 18.1 Å². The average molecular weight is 348 g/mol. The summed E-state index contributed by atoms with van der Waals surface area (Å²) >= 11 is 1.37. The van der Waals surface area contributed by atoms with Gasteiger partial charge in [-0.1, -0.05) is 26.8 Å². The summed E-state index contributed by atoms with van der Waals surface area (Å²) in [6.07, 6.45) is 0.0510. The molecule has 1 aromatic heterocycles. The summed E-state index contributed by atoms with van der Waals surface area (Å²) in [6.45, 7) is 12.7. The average Bonchev–Trinajstić information content (AvgIpc) is 2.78. The molecule has 0 fully saturated rings. The molecule has 1 aromatic rings. The summed E-state index contributed by atoms with van der Waals surface area (Å²) in [6, 6.07) is 3.56. The van der Waals surface area contributed by atoms with E-state index in [4.69, 9.17) is 4.43 Å². The maximum Gasteiger partial charge on any atom is 0.234 e. The Balaban J connectivity index is 2.50. The Bertz CT molecular complexity index is 495. The van der Waals surface area contributed by atoms with Crippen LogP contribution in [-0.4, -0.2) is 24.5 Å². The molecule has 21 heavy (non-hydrogen) atoms. The van der Waals surface area contributed by atoms with Crippen molar-refractivity contribution in [3.8, 4) is 0 Å². The molecule has 120 valence electrons. The quantitative estimate of drug-likeness (QED) is 0.799. The molecule has 0 saturated carbocycles. The molecule has 0 bridgehead atoms. The molecule has 0 aliphatic rings. The van der Waals surface area contributed by atoms with Gasteiger partial charge in [-0.2, -0.15) is 0 Å². The number of hydrogen-bond donors (Lipinski definition) is 1. The number of nitrogens with one attached hydrogen (secondary N) is 1. The summed E-state index contributed by atoms with van der Waals surface area (Å²) in [5.74, 6) is -0.243. The fraction of sp³-hybridized carbons (Fsp3) is 0.643. The predicted molar refractivity (Wildman–Crippen MR) is 91.2 cm³/mol. The molecular weight excluding hydrogens is 322 g/mol. The molecule has 7 heteroatoms. The molecule has 2 atom stereocenters. The van der Waals surface area contributed by atoms with Gasteiger partial charge in [-0.05, 0) is 36.5 Å². The lowest BCUT2D eigenvalue weighted by Crippen LogP contribution is -2.44. The van der Waals surface area contributed by atoms with Gasteiger partial charge in [-0.15, -0.1) is 11.3 Å². The van der Waals surface area contributed by atoms with Crippen LogP contribution in [0.1, 0.15) is 34.1 Å². The van der Waals surface area contributed by atoms with Gasteiger partial charge in [-0.3, -0.25) is 9.52 Å². The van der Waals surface area contributed by atoms with E-state index in [9.17, 15) is 9.00 Å². The number of thiophene rings is 1. The second-order valence-corrected chi connectivity index (χ2v) is 13.8. The van der Waals surface area contributed by atoms with Gasteiger partial charge in [0.1, 0.15) is 4.21 Å². The molecule has 0 radical (unpaired) electrons. The molecule has 0 aromatic carbocycles. The van der Waals surface area contributed by atoms with Crippen molar-refractivity contribution in [2.75, 3.05) is 0 Å². The van der Waals surface area contributed by atoms with Crippen molar-refractivity contribution in [2.24, 2.45) is 0 Å². The zero-order valence-corrected chi connectivity index (χ0v) is 16.2. The van der Waals surface area contributed by atoms with Crippen LogP contribution < -0.4 is 4.72 Å². The van der Waals surface area contributed by atoms with E-state index >= 15 is 0 Å².